The molecule has 1 aliphatic heterocycles. The highest BCUT2D eigenvalue weighted by Crippen LogP contribution is 2.43. The number of fused-ring (bicyclic) bond motifs is 1. The third kappa shape index (κ3) is 3.14. The van der Waals surface area contributed by atoms with Crippen molar-refractivity contribution in [3.8, 4) is 17.2 Å². The quantitative estimate of drug-likeness (QED) is 0.760. The smallest absolute Gasteiger partial charge is 0.168 e. The van der Waals surface area contributed by atoms with Gasteiger partial charge in [-0.3, -0.25) is 0 Å². The number of unbranched alkanes of at least 4 members (excludes halogenated alkanes) is 3. The maximum Gasteiger partial charge on any atom is 0.168 e. The van der Waals surface area contributed by atoms with E-state index in [-0.39, 0.29) is 0 Å². The second kappa shape index (κ2) is 6.69. The van der Waals surface area contributed by atoms with E-state index < -0.39 is 0 Å². The van der Waals surface area contributed by atoms with Gasteiger partial charge in [-0.25, -0.2) is 0 Å². The summed E-state index contributed by atoms with van der Waals surface area (Å²) in [5.74, 6) is 1.96. The van der Waals surface area contributed by atoms with Gasteiger partial charge in [0, 0.05) is 12.0 Å². The number of benzene rings is 1. The lowest BCUT2D eigenvalue weighted by atomic mass is 10.0. The summed E-state index contributed by atoms with van der Waals surface area (Å²) in [5.41, 5.74) is 1.93. The van der Waals surface area contributed by atoms with Gasteiger partial charge in [-0.1, -0.05) is 26.2 Å². The third-order valence-electron chi connectivity index (χ3n) is 3.59. The third-order valence-corrected chi connectivity index (χ3v) is 3.59. The Bertz CT molecular complexity index is 426. The molecule has 0 saturated heterocycles. The van der Waals surface area contributed by atoms with E-state index in [2.05, 4.69) is 6.92 Å². The first-order valence-corrected chi connectivity index (χ1v) is 7.41. The number of hydrogen-bond acceptors (Lipinski definition) is 3. The van der Waals surface area contributed by atoms with Crippen molar-refractivity contribution in [3.05, 3.63) is 17.2 Å². The SMILES string of the molecule is CCCCCCc1cc(OCC)c2c(c1O)CCO2. The van der Waals surface area contributed by atoms with Gasteiger partial charge in [-0.15, -0.1) is 0 Å². The van der Waals surface area contributed by atoms with Crippen molar-refractivity contribution in [3.63, 3.8) is 0 Å². The number of hydrogen-bond donors (Lipinski definition) is 1. The Morgan fingerprint density at radius 1 is 1.26 bits per heavy atom. The lowest BCUT2D eigenvalue weighted by Crippen LogP contribution is -1.97. The van der Waals surface area contributed by atoms with Gasteiger partial charge < -0.3 is 14.6 Å². The zero-order valence-electron chi connectivity index (χ0n) is 12.0. The standard InChI is InChI=1S/C16H24O3/c1-3-5-6-7-8-12-11-14(18-4-2)16-13(15(12)17)9-10-19-16/h11,17H,3-10H2,1-2H3. The molecule has 1 aromatic rings. The van der Waals surface area contributed by atoms with Crippen molar-refractivity contribution in [1.29, 1.82) is 0 Å². The van der Waals surface area contributed by atoms with Crippen molar-refractivity contribution in [2.75, 3.05) is 13.2 Å². The van der Waals surface area contributed by atoms with E-state index in [1.165, 1.54) is 19.3 Å². The minimum atomic E-state index is 0.424. The Kier molecular flexibility index (Phi) is 4.94. The Labute approximate surface area is 115 Å². The van der Waals surface area contributed by atoms with Crippen LogP contribution in [0.4, 0.5) is 0 Å². The lowest BCUT2D eigenvalue weighted by Gasteiger charge is -2.13. The maximum atomic E-state index is 10.3. The highest BCUT2D eigenvalue weighted by Gasteiger charge is 2.24. The van der Waals surface area contributed by atoms with E-state index >= 15 is 0 Å². The molecule has 3 heteroatoms. The van der Waals surface area contributed by atoms with E-state index in [0.717, 1.165) is 41.9 Å². The van der Waals surface area contributed by atoms with Crippen LogP contribution in [0.2, 0.25) is 0 Å². The molecule has 0 unspecified atom stereocenters. The fourth-order valence-corrected chi connectivity index (χ4v) is 2.58. The minimum absolute atomic E-state index is 0.424. The molecule has 19 heavy (non-hydrogen) atoms. The maximum absolute atomic E-state index is 10.3. The molecule has 0 spiro atoms. The summed E-state index contributed by atoms with van der Waals surface area (Å²) in [6.07, 6.45) is 6.52. The van der Waals surface area contributed by atoms with Gasteiger partial charge in [0.2, 0.25) is 0 Å². The second-order valence-corrected chi connectivity index (χ2v) is 5.03. The van der Waals surface area contributed by atoms with Crippen molar-refractivity contribution < 1.29 is 14.6 Å². The summed E-state index contributed by atoms with van der Waals surface area (Å²) < 4.78 is 11.2. The number of rotatable bonds is 7. The summed E-state index contributed by atoms with van der Waals surface area (Å²) in [7, 11) is 0. The van der Waals surface area contributed by atoms with E-state index in [0.29, 0.717) is 19.0 Å². The topological polar surface area (TPSA) is 38.7 Å². The van der Waals surface area contributed by atoms with Crippen molar-refractivity contribution in [2.45, 2.75) is 52.4 Å². The molecule has 0 bridgehead atoms. The zero-order valence-corrected chi connectivity index (χ0v) is 12.0. The summed E-state index contributed by atoms with van der Waals surface area (Å²) >= 11 is 0. The largest absolute Gasteiger partial charge is 0.507 e. The number of aromatic hydroxyl groups is 1. The molecule has 3 nitrogen and oxygen atoms in total. The van der Waals surface area contributed by atoms with Crippen LogP contribution >= 0.6 is 0 Å². The molecule has 0 aromatic heterocycles. The summed E-state index contributed by atoms with van der Waals surface area (Å²) in [5, 5.41) is 10.3. The van der Waals surface area contributed by atoms with Gasteiger partial charge in [-0.2, -0.15) is 0 Å². The average molecular weight is 264 g/mol. The summed E-state index contributed by atoms with van der Waals surface area (Å²) in [4.78, 5) is 0. The van der Waals surface area contributed by atoms with Crippen LogP contribution in [0.15, 0.2) is 6.07 Å². The summed E-state index contributed by atoms with van der Waals surface area (Å²) in [6, 6.07) is 1.95. The molecule has 0 aliphatic carbocycles. The Morgan fingerprint density at radius 2 is 2.11 bits per heavy atom. The molecule has 0 fully saturated rings. The normalized spacial score (nSPS) is 13.2. The second-order valence-electron chi connectivity index (χ2n) is 5.03. The zero-order chi connectivity index (χ0) is 13.7. The first-order chi connectivity index (χ1) is 9.27. The van der Waals surface area contributed by atoms with E-state index in [1.54, 1.807) is 0 Å². The molecule has 1 N–H and O–H groups in total. The van der Waals surface area contributed by atoms with Crippen LogP contribution in [0.3, 0.4) is 0 Å². The Hall–Kier alpha value is -1.38. The molecule has 1 aliphatic rings. The first kappa shape index (κ1) is 14.0. The molecule has 0 amide bonds. The van der Waals surface area contributed by atoms with Crippen LogP contribution in [0, 0.1) is 0 Å². The molecular formula is C16H24O3. The van der Waals surface area contributed by atoms with Crippen molar-refractivity contribution in [1.82, 2.24) is 0 Å². The predicted molar refractivity (Wildman–Crippen MR) is 76.3 cm³/mol. The molecule has 0 saturated carbocycles. The summed E-state index contributed by atoms with van der Waals surface area (Å²) in [6.45, 7) is 5.44. The molecule has 2 rings (SSSR count). The van der Waals surface area contributed by atoms with Crippen LogP contribution in [0.25, 0.3) is 0 Å². The number of ether oxygens (including phenoxy) is 2. The van der Waals surface area contributed by atoms with Gasteiger partial charge in [0.05, 0.1) is 13.2 Å². The number of phenolic OH excluding ortho intramolecular Hbond substituents is 1. The van der Waals surface area contributed by atoms with E-state index in [4.69, 9.17) is 9.47 Å². The fraction of sp³-hybridized carbons (Fsp3) is 0.625. The Morgan fingerprint density at radius 3 is 2.84 bits per heavy atom. The van der Waals surface area contributed by atoms with Crippen LogP contribution < -0.4 is 9.47 Å². The van der Waals surface area contributed by atoms with Crippen molar-refractivity contribution in [2.24, 2.45) is 0 Å². The molecule has 0 radical (unpaired) electrons. The fourth-order valence-electron chi connectivity index (χ4n) is 2.58. The van der Waals surface area contributed by atoms with Crippen LogP contribution in [-0.4, -0.2) is 18.3 Å². The first-order valence-electron chi connectivity index (χ1n) is 7.41. The van der Waals surface area contributed by atoms with Crippen LogP contribution in [0.5, 0.6) is 17.2 Å². The monoisotopic (exact) mass is 264 g/mol. The predicted octanol–water partition coefficient (Wildman–Crippen LogP) is 3.85. The number of phenols is 1. The molecule has 106 valence electrons. The van der Waals surface area contributed by atoms with Gasteiger partial charge >= 0.3 is 0 Å². The van der Waals surface area contributed by atoms with E-state index in [9.17, 15) is 5.11 Å². The minimum Gasteiger partial charge on any atom is -0.507 e. The van der Waals surface area contributed by atoms with Crippen LogP contribution in [0.1, 0.15) is 50.7 Å². The molecule has 0 atom stereocenters. The van der Waals surface area contributed by atoms with Gasteiger partial charge in [0.15, 0.2) is 11.5 Å². The van der Waals surface area contributed by atoms with Gasteiger partial charge in [0.1, 0.15) is 5.75 Å². The van der Waals surface area contributed by atoms with Crippen molar-refractivity contribution >= 4 is 0 Å². The average Bonchev–Trinajstić information content (AvgIpc) is 2.89. The van der Waals surface area contributed by atoms with Gasteiger partial charge in [-0.05, 0) is 31.4 Å². The highest BCUT2D eigenvalue weighted by molar-refractivity contribution is 5.59. The van der Waals surface area contributed by atoms with Crippen LogP contribution in [-0.2, 0) is 12.8 Å². The van der Waals surface area contributed by atoms with E-state index in [1.807, 2.05) is 13.0 Å². The highest BCUT2D eigenvalue weighted by atomic mass is 16.5. The lowest BCUT2D eigenvalue weighted by molar-refractivity contribution is 0.297. The molecule has 1 heterocycles. The molecule has 1 aromatic carbocycles. The Balaban J connectivity index is 2.16. The van der Waals surface area contributed by atoms with Gasteiger partial charge in [0.25, 0.3) is 0 Å². The molecular weight excluding hydrogens is 240 g/mol. The number of aryl methyl sites for hydroxylation is 1.